The summed E-state index contributed by atoms with van der Waals surface area (Å²) in [6, 6.07) is 6.37. The van der Waals surface area contributed by atoms with E-state index in [0.717, 1.165) is 6.54 Å². The van der Waals surface area contributed by atoms with E-state index in [-0.39, 0.29) is 0 Å². The zero-order chi connectivity index (χ0) is 8.97. The largest absolute Gasteiger partial charge is 0.385 e. The van der Waals surface area contributed by atoms with E-state index in [1.165, 1.54) is 16.1 Å². The molecule has 0 atom stereocenters. The molecule has 0 unspecified atom stereocenters. The van der Waals surface area contributed by atoms with Gasteiger partial charge in [-0.15, -0.1) is 11.8 Å². The fourth-order valence-corrected chi connectivity index (χ4v) is 1.85. The fourth-order valence-electron chi connectivity index (χ4n) is 1.22. The normalized spacial score (nSPS) is 9.92. The second-order valence-electron chi connectivity index (χ2n) is 2.66. The van der Waals surface area contributed by atoms with Crippen LogP contribution in [0.3, 0.4) is 0 Å². The van der Waals surface area contributed by atoms with Crippen molar-refractivity contribution in [3.63, 3.8) is 0 Å². The van der Waals surface area contributed by atoms with E-state index in [0.29, 0.717) is 0 Å². The van der Waals surface area contributed by atoms with Crippen LogP contribution in [0.4, 0.5) is 5.69 Å². The Labute approximate surface area is 78.6 Å². The minimum Gasteiger partial charge on any atom is -0.385 e. The third-order valence-electron chi connectivity index (χ3n) is 1.87. The lowest BCUT2D eigenvalue weighted by molar-refractivity contribution is 1.18. The Balaban J connectivity index is 2.97. The van der Waals surface area contributed by atoms with Crippen LogP contribution in [0.1, 0.15) is 12.5 Å². The van der Waals surface area contributed by atoms with Gasteiger partial charge in [0.1, 0.15) is 0 Å². The van der Waals surface area contributed by atoms with Crippen molar-refractivity contribution < 1.29 is 0 Å². The van der Waals surface area contributed by atoms with Gasteiger partial charge in [0.25, 0.3) is 0 Å². The van der Waals surface area contributed by atoms with Crippen molar-refractivity contribution in [3.05, 3.63) is 23.8 Å². The fraction of sp³-hybridized carbons (Fsp3) is 0.400. The van der Waals surface area contributed by atoms with E-state index in [1.54, 1.807) is 11.8 Å². The summed E-state index contributed by atoms with van der Waals surface area (Å²) >= 11 is 1.80. The summed E-state index contributed by atoms with van der Waals surface area (Å²) in [5.74, 6) is 0. The maximum atomic E-state index is 3.34. The van der Waals surface area contributed by atoms with Crippen molar-refractivity contribution in [3.8, 4) is 0 Å². The molecule has 0 amide bonds. The van der Waals surface area contributed by atoms with Gasteiger partial charge in [-0.05, 0) is 37.8 Å². The molecule has 0 aliphatic carbocycles. The number of rotatable bonds is 3. The predicted molar refractivity (Wildman–Crippen MR) is 57.1 cm³/mol. The predicted octanol–water partition coefficient (Wildman–Crippen LogP) is 3.15. The molecule has 0 aliphatic heterocycles. The van der Waals surface area contributed by atoms with Crippen molar-refractivity contribution in [1.82, 2.24) is 0 Å². The highest BCUT2D eigenvalue weighted by Crippen LogP contribution is 2.25. The topological polar surface area (TPSA) is 12.0 Å². The molecule has 0 spiro atoms. The lowest BCUT2D eigenvalue weighted by Crippen LogP contribution is -1.98. The maximum Gasteiger partial charge on any atom is 0.0381 e. The lowest BCUT2D eigenvalue weighted by atomic mass is 10.2. The van der Waals surface area contributed by atoms with Crippen molar-refractivity contribution in [2.45, 2.75) is 18.7 Å². The Kier molecular flexibility index (Phi) is 3.48. The molecular formula is C10H15NS. The molecule has 66 valence electrons. The van der Waals surface area contributed by atoms with Crippen molar-refractivity contribution in [2.75, 3.05) is 18.1 Å². The maximum absolute atomic E-state index is 3.34. The first-order valence-electron chi connectivity index (χ1n) is 4.17. The van der Waals surface area contributed by atoms with Crippen LogP contribution < -0.4 is 5.32 Å². The SMILES string of the molecule is CCNc1cccc(SC)c1C. The van der Waals surface area contributed by atoms with Gasteiger partial charge < -0.3 is 5.32 Å². The van der Waals surface area contributed by atoms with Crippen molar-refractivity contribution in [2.24, 2.45) is 0 Å². The average Bonchev–Trinajstić information content (AvgIpc) is 2.09. The molecule has 1 aromatic rings. The first-order chi connectivity index (χ1) is 5.79. The molecule has 0 fully saturated rings. The third-order valence-corrected chi connectivity index (χ3v) is 2.75. The Morgan fingerprint density at radius 1 is 1.42 bits per heavy atom. The van der Waals surface area contributed by atoms with Crippen LogP contribution in [0.25, 0.3) is 0 Å². The Hall–Kier alpha value is -0.630. The molecule has 1 nitrogen and oxygen atoms in total. The number of nitrogens with one attached hydrogen (secondary N) is 1. The molecular weight excluding hydrogens is 166 g/mol. The van der Waals surface area contributed by atoms with Crippen LogP contribution in [0.5, 0.6) is 0 Å². The molecule has 0 heterocycles. The summed E-state index contributed by atoms with van der Waals surface area (Å²) < 4.78 is 0. The first-order valence-corrected chi connectivity index (χ1v) is 5.39. The molecule has 1 aromatic carbocycles. The summed E-state index contributed by atoms with van der Waals surface area (Å²) in [7, 11) is 0. The number of hydrogen-bond donors (Lipinski definition) is 1. The summed E-state index contributed by atoms with van der Waals surface area (Å²) in [4.78, 5) is 1.36. The van der Waals surface area contributed by atoms with Gasteiger partial charge in [-0.1, -0.05) is 6.07 Å². The van der Waals surface area contributed by atoms with Crippen LogP contribution in [0.15, 0.2) is 23.1 Å². The highest BCUT2D eigenvalue weighted by Gasteiger charge is 2.00. The molecule has 2 heteroatoms. The third kappa shape index (κ3) is 1.95. The van der Waals surface area contributed by atoms with E-state index in [9.17, 15) is 0 Å². The van der Waals surface area contributed by atoms with Gasteiger partial charge >= 0.3 is 0 Å². The number of hydrogen-bond acceptors (Lipinski definition) is 2. The molecule has 12 heavy (non-hydrogen) atoms. The second kappa shape index (κ2) is 4.41. The van der Waals surface area contributed by atoms with Crippen molar-refractivity contribution in [1.29, 1.82) is 0 Å². The van der Waals surface area contributed by atoms with Crippen LogP contribution in [-0.2, 0) is 0 Å². The highest BCUT2D eigenvalue weighted by atomic mass is 32.2. The average molecular weight is 181 g/mol. The standard InChI is InChI=1S/C10H15NS/c1-4-11-9-6-5-7-10(12-3)8(9)2/h5-7,11H,4H2,1-3H3. The Morgan fingerprint density at radius 2 is 2.17 bits per heavy atom. The van der Waals surface area contributed by atoms with Crippen LogP contribution in [-0.4, -0.2) is 12.8 Å². The number of benzene rings is 1. The highest BCUT2D eigenvalue weighted by molar-refractivity contribution is 7.98. The summed E-state index contributed by atoms with van der Waals surface area (Å²) in [5.41, 5.74) is 2.61. The quantitative estimate of drug-likeness (QED) is 0.719. The molecule has 0 radical (unpaired) electrons. The summed E-state index contributed by atoms with van der Waals surface area (Å²) in [5, 5.41) is 3.34. The van der Waals surface area contributed by atoms with E-state index >= 15 is 0 Å². The van der Waals surface area contributed by atoms with E-state index < -0.39 is 0 Å². The molecule has 1 rings (SSSR count). The zero-order valence-electron chi connectivity index (χ0n) is 7.85. The monoisotopic (exact) mass is 181 g/mol. The Bertz CT molecular complexity index is 258. The minimum atomic E-state index is 0.985. The molecule has 0 bridgehead atoms. The first kappa shape index (κ1) is 9.46. The minimum absolute atomic E-state index is 0.985. The van der Waals surface area contributed by atoms with Gasteiger partial charge in [0.2, 0.25) is 0 Å². The smallest absolute Gasteiger partial charge is 0.0381 e. The molecule has 0 aliphatic rings. The van der Waals surface area contributed by atoms with E-state index in [2.05, 4.69) is 43.6 Å². The number of thioether (sulfide) groups is 1. The van der Waals surface area contributed by atoms with E-state index in [4.69, 9.17) is 0 Å². The van der Waals surface area contributed by atoms with Gasteiger partial charge in [-0.3, -0.25) is 0 Å². The summed E-state index contributed by atoms with van der Waals surface area (Å²) in [6.07, 6.45) is 2.11. The van der Waals surface area contributed by atoms with Gasteiger partial charge in [-0.25, -0.2) is 0 Å². The van der Waals surface area contributed by atoms with Gasteiger partial charge in [0, 0.05) is 17.1 Å². The second-order valence-corrected chi connectivity index (χ2v) is 3.51. The number of anilines is 1. The lowest BCUT2D eigenvalue weighted by Gasteiger charge is -2.09. The zero-order valence-corrected chi connectivity index (χ0v) is 8.66. The van der Waals surface area contributed by atoms with Crippen LogP contribution in [0, 0.1) is 6.92 Å². The van der Waals surface area contributed by atoms with Gasteiger partial charge in [0.05, 0.1) is 0 Å². The van der Waals surface area contributed by atoms with Crippen molar-refractivity contribution >= 4 is 17.4 Å². The molecule has 0 aromatic heterocycles. The van der Waals surface area contributed by atoms with Crippen LogP contribution >= 0.6 is 11.8 Å². The van der Waals surface area contributed by atoms with E-state index in [1.807, 2.05) is 0 Å². The summed E-state index contributed by atoms with van der Waals surface area (Å²) in [6.45, 7) is 5.26. The molecule has 1 N–H and O–H groups in total. The Morgan fingerprint density at radius 3 is 2.75 bits per heavy atom. The molecule has 0 saturated carbocycles. The molecule has 0 saturated heterocycles. The van der Waals surface area contributed by atoms with Gasteiger partial charge in [0.15, 0.2) is 0 Å². The van der Waals surface area contributed by atoms with Gasteiger partial charge in [-0.2, -0.15) is 0 Å². The van der Waals surface area contributed by atoms with Crippen LogP contribution in [0.2, 0.25) is 0 Å².